The molecule has 1 saturated heterocycles. The summed E-state index contributed by atoms with van der Waals surface area (Å²) in [5.41, 5.74) is 2.04. The lowest BCUT2D eigenvalue weighted by atomic mass is 9.88. The van der Waals surface area contributed by atoms with Crippen LogP contribution in [0.2, 0.25) is 0 Å². The molecule has 2 nitrogen and oxygen atoms in total. The third-order valence-corrected chi connectivity index (χ3v) is 3.67. The first-order valence-electron chi connectivity index (χ1n) is 6.52. The SMILES string of the molecule is N#CCC[C@@]1(c2ccccc2)O[C@H]1c1ccccc1. The Balaban J connectivity index is 1.92. The number of nitriles is 1. The molecule has 0 unspecified atom stereocenters. The summed E-state index contributed by atoms with van der Waals surface area (Å²) in [6, 6.07) is 22.7. The molecule has 1 heterocycles. The lowest BCUT2D eigenvalue weighted by Crippen LogP contribution is -2.09. The molecular weight excluding hydrogens is 234 g/mol. The van der Waals surface area contributed by atoms with Crippen molar-refractivity contribution in [3.8, 4) is 6.07 Å². The van der Waals surface area contributed by atoms with Crippen LogP contribution in [0.1, 0.15) is 30.1 Å². The van der Waals surface area contributed by atoms with Crippen molar-refractivity contribution in [1.29, 1.82) is 5.26 Å². The van der Waals surface area contributed by atoms with Gasteiger partial charge in [-0.1, -0.05) is 60.7 Å². The third kappa shape index (κ3) is 2.14. The van der Waals surface area contributed by atoms with E-state index in [0.29, 0.717) is 6.42 Å². The van der Waals surface area contributed by atoms with Crippen LogP contribution >= 0.6 is 0 Å². The van der Waals surface area contributed by atoms with Crippen LogP contribution in [0.3, 0.4) is 0 Å². The summed E-state index contributed by atoms with van der Waals surface area (Å²) in [5, 5.41) is 8.86. The predicted octanol–water partition coefficient (Wildman–Crippen LogP) is 3.96. The van der Waals surface area contributed by atoms with Crippen molar-refractivity contribution in [3.05, 3.63) is 71.8 Å². The van der Waals surface area contributed by atoms with Crippen LogP contribution in [0, 0.1) is 11.3 Å². The summed E-state index contributed by atoms with van der Waals surface area (Å²) in [4.78, 5) is 0. The minimum Gasteiger partial charge on any atom is -0.356 e. The molecule has 2 aromatic carbocycles. The van der Waals surface area contributed by atoms with E-state index in [9.17, 15) is 0 Å². The van der Waals surface area contributed by atoms with Crippen LogP contribution in [0.4, 0.5) is 0 Å². The van der Waals surface area contributed by atoms with Crippen molar-refractivity contribution in [3.63, 3.8) is 0 Å². The van der Waals surface area contributed by atoms with E-state index in [-0.39, 0.29) is 11.7 Å². The first kappa shape index (κ1) is 12.0. The Morgan fingerprint density at radius 1 is 1.00 bits per heavy atom. The van der Waals surface area contributed by atoms with Gasteiger partial charge in [0.15, 0.2) is 0 Å². The lowest BCUT2D eigenvalue weighted by Gasteiger charge is -2.11. The van der Waals surface area contributed by atoms with Crippen LogP contribution in [0.25, 0.3) is 0 Å². The van der Waals surface area contributed by atoms with E-state index < -0.39 is 0 Å². The van der Waals surface area contributed by atoms with Crippen LogP contribution in [-0.4, -0.2) is 0 Å². The van der Waals surface area contributed by atoms with E-state index in [1.54, 1.807) is 0 Å². The van der Waals surface area contributed by atoms with E-state index in [1.165, 1.54) is 11.1 Å². The number of ether oxygens (including phenoxy) is 1. The average molecular weight is 249 g/mol. The second-order valence-electron chi connectivity index (χ2n) is 4.82. The fourth-order valence-corrected chi connectivity index (χ4v) is 2.66. The van der Waals surface area contributed by atoms with Gasteiger partial charge in [-0.05, 0) is 17.5 Å². The molecule has 19 heavy (non-hydrogen) atoms. The quantitative estimate of drug-likeness (QED) is 0.769. The molecule has 0 saturated carbocycles. The molecule has 2 heteroatoms. The van der Waals surface area contributed by atoms with Gasteiger partial charge in [-0.25, -0.2) is 0 Å². The largest absolute Gasteiger partial charge is 0.356 e. The van der Waals surface area contributed by atoms with Crippen molar-refractivity contribution >= 4 is 0 Å². The highest BCUT2D eigenvalue weighted by molar-refractivity contribution is 5.35. The average Bonchev–Trinajstić information content (AvgIpc) is 3.23. The second kappa shape index (κ2) is 4.87. The van der Waals surface area contributed by atoms with Gasteiger partial charge in [0, 0.05) is 6.42 Å². The van der Waals surface area contributed by atoms with Gasteiger partial charge >= 0.3 is 0 Å². The molecule has 0 aromatic heterocycles. The van der Waals surface area contributed by atoms with E-state index in [2.05, 4.69) is 30.3 Å². The van der Waals surface area contributed by atoms with E-state index in [1.807, 2.05) is 36.4 Å². The van der Waals surface area contributed by atoms with Crippen LogP contribution in [0.5, 0.6) is 0 Å². The summed E-state index contributed by atoms with van der Waals surface area (Å²) in [6.45, 7) is 0. The Hall–Kier alpha value is -2.11. The smallest absolute Gasteiger partial charge is 0.125 e. The zero-order valence-electron chi connectivity index (χ0n) is 10.6. The molecule has 0 aliphatic carbocycles. The molecule has 0 radical (unpaired) electrons. The number of hydrogen-bond donors (Lipinski definition) is 0. The van der Waals surface area contributed by atoms with Gasteiger partial charge in [-0.2, -0.15) is 5.26 Å². The standard InChI is InChI=1S/C17H15NO/c18-13-7-12-17(15-10-5-2-6-11-15)16(19-17)14-8-3-1-4-9-14/h1-6,8-11,16H,7,12H2/t16-,17-/m0/s1. The van der Waals surface area contributed by atoms with Crippen molar-refractivity contribution in [1.82, 2.24) is 0 Å². The van der Waals surface area contributed by atoms with E-state index in [4.69, 9.17) is 10.00 Å². The van der Waals surface area contributed by atoms with Crippen LogP contribution < -0.4 is 0 Å². The van der Waals surface area contributed by atoms with E-state index in [0.717, 1.165) is 6.42 Å². The van der Waals surface area contributed by atoms with Gasteiger partial charge in [0.25, 0.3) is 0 Å². The Labute approximate surface area is 113 Å². The van der Waals surface area contributed by atoms with E-state index >= 15 is 0 Å². The van der Waals surface area contributed by atoms with Gasteiger partial charge in [-0.15, -0.1) is 0 Å². The Morgan fingerprint density at radius 2 is 1.63 bits per heavy atom. The number of benzene rings is 2. The Bertz CT molecular complexity index is 588. The zero-order chi connectivity index (χ0) is 13.1. The maximum absolute atomic E-state index is 8.86. The zero-order valence-corrected chi connectivity index (χ0v) is 10.6. The number of epoxide rings is 1. The maximum atomic E-state index is 8.86. The molecule has 0 amide bonds. The molecule has 94 valence electrons. The normalized spacial score (nSPS) is 24.7. The first-order valence-corrected chi connectivity index (χ1v) is 6.52. The van der Waals surface area contributed by atoms with Crippen LogP contribution in [-0.2, 0) is 10.3 Å². The Morgan fingerprint density at radius 3 is 2.26 bits per heavy atom. The molecular formula is C17H15NO. The van der Waals surface area contributed by atoms with Gasteiger partial charge in [0.05, 0.1) is 6.07 Å². The fourth-order valence-electron chi connectivity index (χ4n) is 2.66. The van der Waals surface area contributed by atoms with Crippen molar-refractivity contribution in [2.45, 2.75) is 24.5 Å². The minimum atomic E-state index is -0.307. The summed E-state index contributed by atoms with van der Waals surface area (Å²) < 4.78 is 6.03. The molecule has 1 aliphatic heterocycles. The van der Waals surface area contributed by atoms with Gasteiger partial charge in [0.1, 0.15) is 11.7 Å². The lowest BCUT2D eigenvalue weighted by molar-refractivity contribution is 0.285. The summed E-state index contributed by atoms with van der Waals surface area (Å²) in [7, 11) is 0. The molecule has 0 N–H and O–H groups in total. The van der Waals surface area contributed by atoms with Crippen LogP contribution in [0.15, 0.2) is 60.7 Å². The summed E-state index contributed by atoms with van der Waals surface area (Å²) in [5.74, 6) is 0. The number of rotatable bonds is 4. The van der Waals surface area contributed by atoms with Gasteiger partial charge in [0.2, 0.25) is 0 Å². The molecule has 1 aliphatic rings. The molecule has 1 fully saturated rings. The van der Waals surface area contributed by atoms with Crippen molar-refractivity contribution in [2.75, 3.05) is 0 Å². The van der Waals surface area contributed by atoms with Gasteiger partial charge < -0.3 is 4.74 Å². The summed E-state index contributed by atoms with van der Waals surface area (Å²) >= 11 is 0. The topological polar surface area (TPSA) is 36.3 Å². The highest BCUT2D eigenvalue weighted by atomic mass is 16.6. The van der Waals surface area contributed by atoms with Crippen molar-refractivity contribution in [2.24, 2.45) is 0 Å². The molecule has 2 atom stereocenters. The second-order valence-corrected chi connectivity index (χ2v) is 4.82. The summed E-state index contributed by atoms with van der Waals surface area (Å²) in [6.07, 6.45) is 1.33. The molecule has 0 bridgehead atoms. The maximum Gasteiger partial charge on any atom is 0.125 e. The van der Waals surface area contributed by atoms with Crippen molar-refractivity contribution < 1.29 is 4.74 Å². The Kier molecular flexibility index (Phi) is 3.06. The third-order valence-electron chi connectivity index (χ3n) is 3.67. The monoisotopic (exact) mass is 249 g/mol. The number of nitrogens with zero attached hydrogens (tertiary/aromatic N) is 1. The molecule has 0 spiro atoms. The highest BCUT2D eigenvalue weighted by Gasteiger charge is 2.57. The minimum absolute atomic E-state index is 0.0736. The molecule has 2 aromatic rings. The first-order chi connectivity index (χ1) is 9.37. The predicted molar refractivity (Wildman–Crippen MR) is 73.2 cm³/mol. The highest BCUT2D eigenvalue weighted by Crippen LogP contribution is 2.59. The molecule has 3 rings (SSSR count). The fraction of sp³-hybridized carbons (Fsp3) is 0.235. The van der Waals surface area contributed by atoms with Gasteiger partial charge in [-0.3, -0.25) is 0 Å². The number of hydrogen-bond acceptors (Lipinski definition) is 2.